The molecule has 0 aliphatic carbocycles. The van der Waals surface area contributed by atoms with Crippen molar-refractivity contribution in [1.29, 1.82) is 0 Å². The zero-order chi connectivity index (χ0) is 10.5. The predicted octanol–water partition coefficient (Wildman–Crippen LogP) is 1.87. The van der Waals surface area contributed by atoms with Crippen molar-refractivity contribution in [2.24, 2.45) is 0 Å². The molecular weight excluding hydrogens is 226 g/mol. The molecule has 0 saturated heterocycles. The highest BCUT2D eigenvalue weighted by atomic mass is 35.5. The molecule has 0 fully saturated rings. The monoisotopic (exact) mass is 243 g/mol. The van der Waals surface area contributed by atoms with Gasteiger partial charge in [-0.15, -0.1) is 12.4 Å². The Bertz CT molecular complexity index is 331. The lowest BCUT2D eigenvalue weighted by atomic mass is 9.99. The van der Waals surface area contributed by atoms with Gasteiger partial charge in [-0.05, 0) is 29.7 Å². The van der Waals surface area contributed by atoms with Crippen molar-refractivity contribution in [3.8, 4) is 0 Å². The Hall–Kier alpha value is -0.610. The second-order valence-electron chi connectivity index (χ2n) is 3.78. The van der Waals surface area contributed by atoms with E-state index in [0.29, 0.717) is 13.4 Å². The van der Waals surface area contributed by atoms with Crippen LogP contribution in [0.4, 0.5) is 0 Å². The maximum atomic E-state index is 5.32. The standard InChI is InChI=1S/C12H17NO2.ClH/c1-14-9-15-8-10-2-3-12-7-13-5-4-11(12)6-10;/h2-3,6,13H,4-5,7-9H2,1H3;1H. The minimum Gasteiger partial charge on any atom is -0.359 e. The van der Waals surface area contributed by atoms with Gasteiger partial charge in [0.25, 0.3) is 0 Å². The van der Waals surface area contributed by atoms with Crippen LogP contribution < -0.4 is 5.32 Å². The van der Waals surface area contributed by atoms with Gasteiger partial charge in [-0.3, -0.25) is 0 Å². The molecule has 1 aliphatic rings. The van der Waals surface area contributed by atoms with Crippen LogP contribution in [0.2, 0.25) is 0 Å². The fraction of sp³-hybridized carbons (Fsp3) is 0.500. The highest BCUT2D eigenvalue weighted by Crippen LogP contribution is 2.16. The fourth-order valence-corrected chi connectivity index (χ4v) is 1.86. The molecule has 0 saturated carbocycles. The van der Waals surface area contributed by atoms with Crippen LogP contribution in [0.5, 0.6) is 0 Å². The zero-order valence-electron chi connectivity index (χ0n) is 9.49. The van der Waals surface area contributed by atoms with Gasteiger partial charge in [0.05, 0.1) is 6.61 Å². The van der Waals surface area contributed by atoms with Gasteiger partial charge < -0.3 is 14.8 Å². The molecule has 2 rings (SSSR count). The summed E-state index contributed by atoms with van der Waals surface area (Å²) in [4.78, 5) is 0. The van der Waals surface area contributed by atoms with Gasteiger partial charge in [0, 0.05) is 13.7 Å². The Labute approximate surface area is 103 Å². The first-order valence-electron chi connectivity index (χ1n) is 5.28. The number of hydrogen-bond donors (Lipinski definition) is 1. The number of benzene rings is 1. The Kier molecular flexibility index (Phi) is 5.77. The van der Waals surface area contributed by atoms with Gasteiger partial charge in [0.2, 0.25) is 0 Å². The topological polar surface area (TPSA) is 30.5 Å². The Morgan fingerprint density at radius 2 is 2.19 bits per heavy atom. The molecule has 0 bridgehead atoms. The summed E-state index contributed by atoms with van der Waals surface area (Å²) >= 11 is 0. The molecule has 4 heteroatoms. The van der Waals surface area contributed by atoms with Crippen LogP contribution in [0, 0.1) is 0 Å². The summed E-state index contributed by atoms with van der Waals surface area (Å²) in [5, 5.41) is 3.36. The summed E-state index contributed by atoms with van der Waals surface area (Å²) in [5.41, 5.74) is 4.09. The first-order valence-corrected chi connectivity index (χ1v) is 5.28. The average molecular weight is 244 g/mol. The van der Waals surface area contributed by atoms with E-state index >= 15 is 0 Å². The van der Waals surface area contributed by atoms with Crippen molar-refractivity contribution < 1.29 is 9.47 Å². The minimum absolute atomic E-state index is 0. The van der Waals surface area contributed by atoms with Crippen molar-refractivity contribution in [2.45, 2.75) is 19.6 Å². The van der Waals surface area contributed by atoms with Gasteiger partial charge in [-0.2, -0.15) is 0 Å². The molecule has 3 nitrogen and oxygen atoms in total. The van der Waals surface area contributed by atoms with E-state index in [1.165, 1.54) is 16.7 Å². The summed E-state index contributed by atoms with van der Waals surface area (Å²) in [7, 11) is 1.64. The van der Waals surface area contributed by atoms with E-state index in [-0.39, 0.29) is 12.4 Å². The van der Waals surface area contributed by atoms with Crippen LogP contribution in [0.25, 0.3) is 0 Å². The first-order chi connectivity index (χ1) is 7.40. The van der Waals surface area contributed by atoms with E-state index in [9.17, 15) is 0 Å². The van der Waals surface area contributed by atoms with Crippen LogP contribution in [-0.2, 0) is 29.0 Å². The molecule has 1 aliphatic heterocycles. The average Bonchev–Trinajstić information content (AvgIpc) is 2.29. The van der Waals surface area contributed by atoms with Gasteiger partial charge in [-0.1, -0.05) is 18.2 Å². The lowest BCUT2D eigenvalue weighted by Gasteiger charge is -2.17. The van der Waals surface area contributed by atoms with Crippen LogP contribution in [0.3, 0.4) is 0 Å². The van der Waals surface area contributed by atoms with E-state index in [1.807, 2.05) is 0 Å². The number of rotatable bonds is 4. The Morgan fingerprint density at radius 3 is 3.00 bits per heavy atom. The SMILES string of the molecule is COCOCc1ccc2c(c1)CCNC2.Cl. The van der Waals surface area contributed by atoms with Crippen LogP contribution in [-0.4, -0.2) is 20.4 Å². The van der Waals surface area contributed by atoms with Gasteiger partial charge in [-0.25, -0.2) is 0 Å². The number of nitrogens with one attached hydrogen (secondary N) is 1. The van der Waals surface area contributed by atoms with Crippen molar-refractivity contribution in [2.75, 3.05) is 20.4 Å². The molecule has 1 heterocycles. The first kappa shape index (κ1) is 13.5. The lowest BCUT2D eigenvalue weighted by molar-refractivity contribution is -0.0390. The molecule has 0 unspecified atom stereocenters. The third-order valence-electron chi connectivity index (χ3n) is 2.63. The summed E-state index contributed by atoms with van der Waals surface area (Å²) in [6, 6.07) is 6.56. The van der Waals surface area contributed by atoms with Crippen molar-refractivity contribution >= 4 is 12.4 Å². The molecule has 0 amide bonds. The molecule has 1 aromatic carbocycles. The number of halogens is 1. The van der Waals surface area contributed by atoms with Crippen LogP contribution in [0.15, 0.2) is 18.2 Å². The lowest BCUT2D eigenvalue weighted by Crippen LogP contribution is -2.23. The van der Waals surface area contributed by atoms with Gasteiger partial charge in [0.1, 0.15) is 6.79 Å². The van der Waals surface area contributed by atoms with E-state index < -0.39 is 0 Å². The van der Waals surface area contributed by atoms with E-state index in [0.717, 1.165) is 19.5 Å². The quantitative estimate of drug-likeness (QED) is 0.647. The summed E-state index contributed by atoms with van der Waals surface area (Å²) in [6.45, 7) is 3.07. The molecule has 90 valence electrons. The normalized spacial score (nSPS) is 14.1. The largest absolute Gasteiger partial charge is 0.359 e. The van der Waals surface area contributed by atoms with E-state index in [4.69, 9.17) is 9.47 Å². The van der Waals surface area contributed by atoms with Crippen molar-refractivity contribution in [3.63, 3.8) is 0 Å². The summed E-state index contributed by atoms with van der Waals surface area (Å²) < 4.78 is 10.2. The maximum absolute atomic E-state index is 5.32. The highest BCUT2D eigenvalue weighted by molar-refractivity contribution is 5.85. The molecule has 1 N–H and O–H groups in total. The molecule has 0 atom stereocenters. The molecule has 16 heavy (non-hydrogen) atoms. The Balaban J connectivity index is 0.00000128. The molecule has 0 aromatic heterocycles. The molecule has 0 spiro atoms. The molecule has 1 aromatic rings. The Morgan fingerprint density at radius 1 is 1.31 bits per heavy atom. The maximum Gasteiger partial charge on any atom is 0.146 e. The van der Waals surface area contributed by atoms with Crippen LogP contribution in [0.1, 0.15) is 16.7 Å². The van der Waals surface area contributed by atoms with Gasteiger partial charge >= 0.3 is 0 Å². The van der Waals surface area contributed by atoms with E-state index in [1.54, 1.807) is 7.11 Å². The second-order valence-corrected chi connectivity index (χ2v) is 3.78. The number of methoxy groups -OCH3 is 1. The fourth-order valence-electron chi connectivity index (χ4n) is 1.86. The van der Waals surface area contributed by atoms with Gasteiger partial charge in [0.15, 0.2) is 0 Å². The number of ether oxygens (including phenoxy) is 2. The van der Waals surface area contributed by atoms with Crippen molar-refractivity contribution in [1.82, 2.24) is 5.32 Å². The highest BCUT2D eigenvalue weighted by Gasteiger charge is 2.08. The van der Waals surface area contributed by atoms with Crippen molar-refractivity contribution in [3.05, 3.63) is 34.9 Å². The predicted molar refractivity (Wildman–Crippen MR) is 65.8 cm³/mol. The number of hydrogen-bond acceptors (Lipinski definition) is 3. The zero-order valence-corrected chi connectivity index (χ0v) is 10.3. The molecular formula is C12H18ClNO2. The third kappa shape index (κ3) is 3.46. The third-order valence-corrected chi connectivity index (χ3v) is 2.63. The molecule has 0 radical (unpaired) electrons. The van der Waals surface area contributed by atoms with E-state index in [2.05, 4.69) is 23.5 Å². The summed E-state index contributed by atoms with van der Waals surface area (Å²) in [5.74, 6) is 0. The summed E-state index contributed by atoms with van der Waals surface area (Å²) in [6.07, 6.45) is 1.12. The van der Waals surface area contributed by atoms with Crippen LogP contribution >= 0.6 is 12.4 Å². The minimum atomic E-state index is 0. The smallest absolute Gasteiger partial charge is 0.146 e. The second kappa shape index (κ2) is 6.86. The number of fused-ring (bicyclic) bond motifs is 1.